The Bertz CT molecular complexity index is 282. The fraction of sp³-hybridized carbons (Fsp3) is 0.923. The van der Waals surface area contributed by atoms with E-state index in [4.69, 9.17) is 0 Å². The second kappa shape index (κ2) is 4.94. The SMILES string of the molecule is CC1CN(C(=O)[C@@H]2CNC[C@H]2C)CC(C)N1C. The first kappa shape index (κ1) is 12.8. The van der Waals surface area contributed by atoms with Gasteiger partial charge in [0.1, 0.15) is 0 Å². The van der Waals surface area contributed by atoms with E-state index in [0.29, 0.717) is 23.9 Å². The molecule has 1 amide bonds. The van der Waals surface area contributed by atoms with Gasteiger partial charge >= 0.3 is 0 Å². The molecular formula is C13H25N3O. The van der Waals surface area contributed by atoms with Crippen molar-refractivity contribution in [3.8, 4) is 0 Å². The first-order valence-electron chi connectivity index (χ1n) is 6.72. The van der Waals surface area contributed by atoms with E-state index < -0.39 is 0 Å². The predicted molar refractivity (Wildman–Crippen MR) is 68.8 cm³/mol. The first-order chi connectivity index (χ1) is 8.00. The summed E-state index contributed by atoms with van der Waals surface area (Å²) >= 11 is 0. The van der Waals surface area contributed by atoms with Crippen LogP contribution in [-0.2, 0) is 4.79 Å². The third-order valence-electron chi connectivity index (χ3n) is 4.51. The first-order valence-corrected chi connectivity index (χ1v) is 6.72. The van der Waals surface area contributed by atoms with Gasteiger partial charge in [-0.25, -0.2) is 0 Å². The quantitative estimate of drug-likeness (QED) is 0.719. The maximum absolute atomic E-state index is 12.5. The largest absolute Gasteiger partial charge is 0.339 e. The molecule has 2 fully saturated rings. The molecule has 0 bridgehead atoms. The number of piperazine rings is 1. The molecule has 2 unspecified atom stereocenters. The number of nitrogens with one attached hydrogen (secondary N) is 1. The van der Waals surface area contributed by atoms with Crippen molar-refractivity contribution in [3.05, 3.63) is 0 Å². The van der Waals surface area contributed by atoms with Gasteiger partial charge in [0.05, 0.1) is 5.92 Å². The summed E-state index contributed by atoms with van der Waals surface area (Å²) in [4.78, 5) is 16.9. The molecule has 2 saturated heterocycles. The Morgan fingerprint density at radius 1 is 1.12 bits per heavy atom. The second-order valence-corrected chi connectivity index (χ2v) is 5.85. The monoisotopic (exact) mass is 239 g/mol. The molecule has 2 rings (SSSR count). The molecule has 4 nitrogen and oxygen atoms in total. The van der Waals surface area contributed by atoms with E-state index in [9.17, 15) is 4.79 Å². The van der Waals surface area contributed by atoms with Crippen molar-refractivity contribution < 1.29 is 4.79 Å². The molecule has 0 aliphatic carbocycles. The van der Waals surface area contributed by atoms with Crippen LogP contribution in [0.25, 0.3) is 0 Å². The van der Waals surface area contributed by atoms with Crippen molar-refractivity contribution in [1.29, 1.82) is 0 Å². The summed E-state index contributed by atoms with van der Waals surface area (Å²) in [5.74, 6) is 1.03. The van der Waals surface area contributed by atoms with Gasteiger partial charge in [0.25, 0.3) is 0 Å². The second-order valence-electron chi connectivity index (χ2n) is 5.85. The fourth-order valence-corrected chi connectivity index (χ4v) is 2.96. The van der Waals surface area contributed by atoms with Crippen molar-refractivity contribution >= 4 is 5.91 Å². The highest BCUT2D eigenvalue weighted by Gasteiger charge is 2.36. The van der Waals surface area contributed by atoms with E-state index in [1.54, 1.807) is 0 Å². The number of likely N-dealkylation sites (N-methyl/N-ethyl adjacent to an activating group) is 1. The standard InChI is InChI=1S/C13H25N3O/c1-9-5-14-6-12(9)13(17)16-7-10(2)15(4)11(3)8-16/h9-12,14H,5-8H2,1-4H3/t9-,10?,11?,12-/m1/s1. The van der Waals surface area contributed by atoms with Gasteiger partial charge in [-0.2, -0.15) is 0 Å². The minimum Gasteiger partial charge on any atom is -0.339 e. The lowest BCUT2D eigenvalue weighted by molar-refractivity contribution is -0.140. The molecule has 98 valence electrons. The average Bonchev–Trinajstić information content (AvgIpc) is 2.70. The van der Waals surface area contributed by atoms with E-state index in [1.165, 1.54) is 0 Å². The van der Waals surface area contributed by atoms with Crippen molar-refractivity contribution in [2.75, 3.05) is 33.2 Å². The van der Waals surface area contributed by atoms with Crippen LogP contribution in [-0.4, -0.2) is 61.0 Å². The molecule has 0 saturated carbocycles. The maximum atomic E-state index is 12.5. The molecule has 1 N–H and O–H groups in total. The lowest BCUT2D eigenvalue weighted by Crippen LogP contribution is -2.57. The summed E-state index contributed by atoms with van der Waals surface area (Å²) in [5.41, 5.74) is 0. The van der Waals surface area contributed by atoms with Crippen molar-refractivity contribution in [1.82, 2.24) is 15.1 Å². The number of hydrogen-bond donors (Lipinski definition) is 1. The van der Waals surface area contributed by atoms with Crippen LogP contribution in [0.15, 0.2) is 0 Å². The number of amides is 1. The van der Waals surface area contributed by atoms with Gasteiger partial charge in [0.2, 0.25) is 5.91 Å². The molecule has 17 heavy (non-hydrogen) atoms. The maximum Gasteiger partial charge on any atom is 0.227 e. The highest BCUT2D eigenvalue weighted by molar-refractivity contribution is 5.80. The van der Waals surface area contributed by atoms with Crippen LogP contribution in [0.5, 0.6) is 0 Å². The normalized spacial score (nSPS) is 39.6. The van der Waals surface area contributed by atoms with Gasteiger partial charge in [-0.1, -0.05) is 6.92 Å². The number of hydrogen-bond acceptors (Lipinski definition) is 3. The molecule has 2 aliphatic rings. The highest BCUT2D eigenvalue weighted by Crippen LogP contribution is 2.22. The van der Waals surface area contributed by atoms with E-state index in [1.807, 2.05) is 0 Å². The van der Waals surface area contributed by atoms with Gasteiger partial charge in [-0.3, -0.25) is 9.69 Å². The summed E-state index contributed by atoms with van der Waals surface area (Å²) in [6.45, 7) is 10.2. The molecule has 0 aromatic carbocycles. The topological polar surface area (TPSA) is 35.6 Å². The van der Waals surface area contributed by atoms with Crippen molar-refractivity contribution in [2.45, 2.75) is 32.9 Å². The molecule has 4 heteroatoms. The van der Waals surface area contributed by atoms with Crippen LogP contribution >= 0.6 is 0 Å². The summed E-state index contributed by atoms with van der Waals surface area (Å²) < 4.78 is 0. The molecule has 0 aromatic rings. The van der Waals surface area contributed by atoms with Gasteiger partial charge in [-0.05, 0) is 33.4 Å². The molecule has 0 spiro atoms. The molecule has 2 heterocycles. The van der Waals surface area contributed by atoms with Crippen molar-refractivity contribution in [2.24, 2.45) is 11.8 Å². The molecule has 0 radical (unpaired) electrons. The number of rotatable bonds is 1. The number of carbonyl (C=O) groups excluding carboxylic acids is 1. The summed E-state index contributed by atoms with van der Waals surface area (Å²) in [6, 6.07) is 0.930. The summed E-state index contributed by atoms with van der Waals surface area (Å²) in [5, 5.41) is 3.32. The Morgan fingerprint density at radius 2 is 1.71 bits per heavy atom. The predicted octanol–water partition coefficient (Wildman–Crippen LogP) is 0.393. The van der Waals surface area contributed by atoms with Gasteiger partial charge in [-0.15, -0.1) is 0 Å². The molecule has 2 aliphatic heterocycles. The lowest BCUT2D eigenvalue weighted by atomic mass is 9.95. The minimum absolute atomic E-state index is 0.192. The van der Waals surface area contributed by atoms with Gasteiger partial charge in [0, 0.05) is 31.7 Å². The third-order valence-corrected chi connectivity index (χ3v) is 4.51. The van der Waals surface area contributed by atoms with E-state index in [0.717, 1.165) is 26.2 Å². The van der Waals surface area contributed by atoms with Crippen LogP contribution < -0.4 is 5.32 Å². The summed E-state index contributed by atoms with van der Waals surface area (Å²) in [7, 11) is 2.15. The third kappa shape index (κ3) is 2.47. The fourth-order valence-electron chi connectivity index (χ4n) is 2.96. The minimum atomic E-state index is 0.192. The highest BCUT2D eigenvalue weighted by atomic mass is 16.2. The van der Waals surface area contributed by atoms with Crippen LogP contribution in [0, 0.1) is 11.8 Å². The average molecular weight is 239 g/mol. The Kier molecular flexibility index (Phi) is 3.73. The Hall–Kier alpha value is -0.610. The van der Waals surface area contributed by atoms with Gasteiger partial charge < -0.3 is 10.2 Å². The van der Waals surface area contributed by atoms with E-state index in [2.05, 4.69) is 42.9 Å². The molecular weight excluding hydrogens is 214 g/mol. The number of nitrogens with zero attached hydrogens (tertiary/aromatic N) is 2. The van der Waals surface area contributed by atoms with Gasteiger partial charge in [0.15, 0.2) is 0 Å². The van der Waals surface area contributed by atoms with Crippen LogP contribution in [0.4, 0.5) is 0 Å². The Balaban J connectivity index is 2.00. The van der Waals surface area contributed by atoms with Crippen LogP contribution in [0.2, 0.25) is 0 Å². The smallest absolute Gasteiger partial charge is 0.227 e. The van der Waals surface area contributed by atoms with Crippen molar-refractivity contribution in [3.63, 3.8) is 0 Å². The van der Waals surface area contributed by atoms with E-state index in [-0.39, 0.29) is 5.92 Å². The summed E-state index contributed by atoms with van der Waals surface area (Å²) in [6.07, 6.45) is 0. The lowest BCUT2D eigenvalue weighted by Gasteiger charge is -2.43. The van der Waals surface area contributed by atoms with E-state index >= 15 is 0 Å². The zero-order chi connectivity index (χ0) is 12.6. The molecule has 4 atom stereocenters. The Labute approximate surface area is 104 Å². The zero-order valence-corrected chi connectivity index (χ0v) is 11.4. The zero-order valence-electron chi connectivity index (χ0n) is 11.4. The van der Waals surface area contributed by atoms with Crippen LogP contribution in [0.1, 0.15) is 20.8 Å². The Morgan fingerprint density at radius 3 is 2.18 bits per heavy atom. The van der Waals surface area contributed by atoms with Crippen LogP contribution in [0.3, 0.4) is 0 Å². The number of carbonyl (C=O) groups is 1. The molecule has 0 aromatic heterocycles.